The highest BCUT2D eigenvalue weighted by atomic mass is 16.5. The average Bonchev–Trinajstić information content (AvgIpc) is 2.67. The van der Waals surface area contributed by atoms with Gasteiger partial charge < -0.3 is 20.1 Å². The van der Waals surface area contributed by atoms with Gasteiger partial charge in [0.2, 0.25) is 5.95 Å². The molecule has 2 aliphatic heterocycles. The van der Waals surface area contributed by atoms with Gasteiger partial charge in [-0.3, -0.25) is 4.79 Å². The normalized spacial score (nSPS) is 19.7. The maximum Gasteiger partial charge on any atom is 0.253 e. The minimum atomic E-state index is -0.898. The van der Waals surface area contributed by atoms with E-state index in [1.54, 1.807) is 30.6 Å². The van der Waals surface area contributed by atoms with E-state index < -0.39 is 5.60 Å². The Morgan fingerprint density at radius 3 is 2.38 bits per heavy atom. The molecule has 136 valence electrons. The monoisotopic (exact) mass is 354 g/mol. The summed E-state index contributed by atoms with van der Waals surface area (Å²) < 4.78 is 5.08. The second-order valence-electron chi connectivity index (χ2n) is 6.88. The lowest BCUT2D eigenvalue weighted by Gasteiger charge is -2.37. The number of hydrogen-bond acceptors (Lipinski definition) is 6. The molecule has 4 rings (SSSR count). The number of aromatic nitrogens is 2. The van der Waals surface area contributed by atoms with Crippen LogP contribution in [0.25, 0.3) is 0 Å². The van der Waals surface area contributed by atoms with E-state index in [4.69, 9.17) is 4.74 Å². The number of nitrogens with one attached hydrogen (secondary N) is 1. The fourth-order valence-corrected chi connectivity index (χ4v) is 3.35. The van der Waals surface area contributed by atoms with Crippen LogP contribution in [-0.4, -0.2) is 58.2 Å². The van der Waals surface area contributed by atoms with E-state index in [-0.39, 0.29) is 11.9 Å². The van der Waals surface area contributed by atoms with Gasteiger partial charge in [0.05, 0.1) is 13.2 Å². The van der Waals surface area contributed by atoms with Gasteiger partial charge in [-0.15, -0.1) is 0 Å². The van der Waals surface area contributed by atoms with E-state index >= 15 is 0 Å². The Morgan fingerprint density at radius 2 is 1.81 bits per heavy atom. The van der Waals surface area contributed by atoms with Gasteiger partial charge in [-0.05, 0) is 36.6 Å². The molecule has 0 aliphatic carbocycles. The minimum Gasteiger partial charge on any atom is -0.380 e. The molecule has 1 aromatic carbocycles. The molecule has 0 radical (unpaired) electrons. The second-order valence-corrected chi connectivity index (χ2v) is 6.88. The summed E-state index contributed by atoms with van der Waals surface area (Å²) in [5.74, 6) is 0.661. The zero-order valence-electron chi connectivity index (χ0n) is 14.5. The molecule has 7 heteroatoms. The molecule has 0 bridgehead atoms. The smallest absolute Gasteiger partial charge is 0.253 e. The number of benzene rings is 1. The number of ether oxygens (including phenoxy) is 1. The van der Waals surface area contributed by atoms with Crippen molar-refractivity contribution >= 4 is 11.9 Å². The first-order chi connectivity index (χ1) is 12.6. The van der Waals surface area contributed by atoms with Crippen molar-refractivity contribution in [2.24, 2.45) is 0 Å². The van der Waals surface area contributed by atoms with Crippen molar-refractivity contribution in [3.05, 3.63) is 53.9 Å². The molecule has 26 heavy (non-hydrogen) atoms. The molecule has 2 aromatic rings. The first-order valence-corrected chi connectivity index (χ1v) is 8.88. The van der Waals surface area contributed by atoms with Crippen LogP contribution in [0.3, 0.4) is 0 Å². The Bertz CT molecular complexity index is 754. The number of aliphatic hydroxyl groups is 1. The van der Waals surface area contributed by atoms with E-state index in [0.29, 0.717) is 37.8 Å². The summed E-state index contributed by atoms with van der Waals surface area (Å²) in [7, 11) is 0. The number of carbonyl (C=O) groups is 1. The highest BCUT2D eigenvalue weighted by Crippen LogP contribution is 2.29. The third-order valence-corrected chi connectivity index (χ3v) is 5.03. The molecule has 0 saturated carbocycles. The molecule has 2 fully saturated rings. The van der Waals surface area contributed by atoms with Crippen LogP contribution >= 0.6 is 0 Å². The van der Waals surface area contributed by atoms with Gasteiger partial charge in [-0.2, -0.15) is 0 Å². The summed E-state index contributed by atoms with van der Waals surface area (Å²) in [5, 5.41) is 13.6. The first-order valence-electron chi connectivity index (χ1n) is 8.88. The van der Waals surface area contributed by atoms with Gasteiger partial charge in [-0.1, -0.05) is 12.1 Å². The number of piperidine rings is 1. The minimum absolute atomic E-state index is 0.0304. The molecule has 0 atom stereocenters. The Hall–Kier alpha value is -2.51. The Kier molecular flexibility index (Phi) is 4.57. The molecule has 0 spiro atoms. The van der Waals surface area contributed by atoms with E-state index in [1.807, 2.05) is 17.0 Å². The van der Waals surface area contributed by atoms with Crippen molar-refractivity contribution in [2.75, 3.05) is 31.6 Å². The van der Waals surface area contributed by atoms with Gasteiger partial charge in [0.15, 0.2) is 0 Å². The van der Waals surface area contributed by atoms with E-state index in [9.17, 15) is 9.90 Å². The van der Waals surface area contributed by atoms with E-state index in [0.717, 1.165) is 18.4 Å². The molecular formula is C19H22N4O3. The summed E-state index contributed by atoms with van der Waals surface area (Å²) in [6, 6.07) is 9.27. The summed E-state index contributed by atoms with van der Waals surface area (Å²) in [6.45, 7) is 2.02. The number of carbonyl (C=O) groups excluding carboxylic acids is 1. The number of nitrogens with zero attached hydrogens (tertiary/aromatic N) is 3. The van der Waals surface area contributed by atoms with Crippen molar-refractivity contribution in [1.29, 1.82) is 0 Å². The van der Waals surface area contributed by atoms with Crippen molar-refractivity contribution in [2.45, 2.75) is 24.5 Å². The van der Waals surface area contributed by atoms with Crippen LogP contribution in [0.1, 0.15) is 28.8 Å². The molecule has 1 aromatic heterocycles. The number of rotatable bonds is 4. The molecule has 0 unspecified atom stereocenters. The third-order valence-electron chi connectivity index (χ3n) is 5.03. The lowest BCUT2D eigenvalue weighted by atomic mass is 9.91. The summed E-state index contributed by atoms with van der Waals surface area (Å²) in [6.07, 6.45) is 5.14. The van der Waals surface area contributed by atoms with Crippen LogP contribution in [0.5, 0.6) is 0 Å². The number of anilines is 1. The zero-order chi connectivity index (χ0) is 18.0. The van der Waals surface area contributed by atoms with Crippen molar-refractivity contribution in [3.63, 3.8) is 0 Å². The maximum atomic E-state index is 12.7. The zero-order valence-corrected chi connectivity index (χ0v) is 14.5. The summed E-state index contributed by atoms with van der Waals surface area (Å²) in [5.41, 5.74) is 0.548. The average molecular weight is 354 g/mol. The van der Waals surface area contributed by atoms with Crippen LogP contribution in [0, 0.1) is 0 Å². The number of likely N-dealkylation sites (tertiary alicyclic amines) is 1. The molecular weight excluding hydrogens is 332 g/mol. The first kappa shape index (κ1) is 16.9. The van der Waals surface area contributed by atoms with E-state index in [1.165, 1.54) is 0 Å². The molecule has 7 nitrogen and oxygen atoms in total. The van der Waals surface area contributed by atoms with Crippen molar-refractivity contribution < 1.29 is 14.6 Å². The second kappa shape index (κ2) is 7.01. The summed E-state index contributed by atoms with van der Waals surface area (Å²) >= 11 is 0. The number of hydrogen-bond donors (Lipinski definition) is 2. The van der Waals surface area contributed by atoms with Gasteiger partial charge >= 0.3 is 0 Å². The van der Waals surface area contributed by atoms with Crippen LogP contribution in [0.4, 0.5) is 5.95 Å². The molecule has 2 aliphatic rings. The lowest BCUT2D eigenvalue weighted by molar-refractivity contribution is -0.184. The Morgan fingerprint density at radius 1 is 1.15 bits per heavy atom. The van der Waals surface area contributed by atoms with Gasteiger partial charge in [0, 0.05) is 37.1 Å². The standard InChI is InChI=1S/C19H22N4O3/c24-17(14-2-4-15(5-3-14)19(25)12-26-13-19)23-10-6-16(7-11-23)22-18-20-8-1-9-21-18/h1-5,8-9,16,25H,6-7,10-13H2,(H,20,21,22). The Labute approximate surface area is 152 Å². The maximum absolute atomic E-state index is 12.7. The van der Waals surface area contributed by atoms with Gasteiger partial charge in [0.1, 0.15) is 5.60 Å². The number of amides is 1. The molecule has 2 N–H and O–H groups in total. The fourth-order valence-electron chi connectivity index (χ4n) is 3.35. The van der Waals surface area contributed by atoms with Crippen LogP contribution in [0.2, 0.25) is 0 Å². The molecule has 3 heterocycles. The largest absolute Gasteiger partial charge is 0.380 e. The predicted molar refractivity (Wildman–Crippen MR) is 95.7 cm³/mol. The van der Waals surface area contributed by atoms with Crippen LogP contribution in [-0.2, 0) is 10.3 Å². The molecule has 2 saturated heterocycles. The summed E-state index contributed by atoms with van der Waals surface area (Å²) in [4.78, 5) is 22.9. The quantitative estimate of drug-likeness (QED) is 0.863. The van der Waals surface area contributed by atoms with Crippen LogP contribution < -0.4 is 5.32 Å². The fraction of sp³-hybridized carbons (Fsp3) is 0.421. The lowest BCUT2D eigenvalue weighted by Crippen LogP contribution is -2.46. The van der Waals surface area contributed by atoms with E-state index in [2.05, 4.69) is 15.3 Å². The Balaban J connectivity index is 1.33. The van der Waals surface area contributed by atoms with Crippen LogP contribution in [0.15, 0.2) is 42.7 Å². The topological polar surface area (TPSA) is 87.6 Å². The highest BCUT2D eigenvalue weighted by molar-refractivity contribution is 5.94. The molecule has 1 amide bonds. The van der Waals surface area contributed by atoms with Crippen molar-refractivity contribution in [1.82, 2.24) is 14.9 Å². The third kappa shape index (κ3) is 3.40. The van der Waals surface area contributed by atoms with Crippen molar-refractivity contribution in [3.8, 4) is 0 Å². The SMILES string of the molecule is O=C(c1ccc(C2(O)COC2)cc1)N1CCC(Nc2ncccn2)CC1. The van der Waals surface area contributed by atoms with Gasteiger partial charge in [0.25, 0.3) is 5.91 Å². The predicted octanol–water partition coefficient (Wildman–Crippen LogP) is 1.41. The highest BCUT2D eigenvalue weighted by Gasteiger charge is 2.38. The van der Waals surface area contributed by atoms with Gasteiger partial charge in [-0.25, -0.2) is 9.97 Å².